The van der Waals surface area contributed by atoms with Crippen molar-refractivity contribution in [2.45, 2.75) is 19.4 Å². The highest BCUT2D eigenvalue weighted by atomic mass is 79.9. The van der Waals surface area contributed by atoms with E-state index in [1.165, 1.54) is 0 Å². The summed E-state index contributed by atoms with van der Waals surface area (Å²) >= 11 is 9.39. The van der Waals surface area contributed by atoms with Gasteiger partial charge in [0.2, 0.25) is 0 Å². The molecule has 0 bridgehead atoms. The molecule has 138 valence electrons. The summed E-state index contributed by atoms with van der Waals surface area (Å²) in [7, 11) is 0. The summed E-state index contributed by atoms with van der Waals surface area (Å²) in [5, 5.41) is 0.666. The van der Waals surface area contributed by atoms with E-state index < -0.39 is 0 Å². The topological polar surface area (TPSA) is 38.8 Å². The van der Waals surface area contributed by atoms with Gasteiger partial charge in [-0.3, -0.25) is 0 Å². The lowest BCUT2D eigenvalue weighted by molar-refractivity contribution is 0.0761. The molecule has 1 aliphatic heterocycles. The van der Waals surface area contributed by atoms with E-state index in [1.807, 2.05) is 48.5 Å². The Morgan fingerprint density at radius 2 is 1.88 bits per heavy atom. The van der Waals surface area contributed by atoms with Crippen molar-refractivity contribution in [3.05, 3.63) is 63.6 Å². The fourth-order valence-electron chi connectivity index (χ4n) is 2.87. The van der Waals surface area contributed by atoms with Crippen LogP contribution in [0.15, 0.2) is 53.0 Å². The highest BCUT2D eigenvalue weighted by Crippen LogP contribution is 2.28. The number of likely N-dealkylation sites (tertiary alicyclic amines) is 1. The average Bonchev–Trinajstić information content (AvgIpc) is 2.68. The molecule has 0 spiro atoms. The van der Waals surface area contributed by atoms with Crippen molar-refractivity contribution in [1.29, 1.82) is 0 Å². The Labute approximate surface area is 167 Å². The standard InChI is InChI=1S/C20H21BrClNO3/c21-18-12-17(6-7-19(18)22)25-13-16-8-10-23(11-9-16)20(24)26-14-15-4-2-1-3-5-15/h1-7,12,16H,8-11,13-14H2. The zero-order valence-corrected chi connectivity index (χ0v) is 16.7. The number of piperidine rings is 1. The molecule has 0 aliphatic carbocycles. The Balaban J connectivity index is 1.39. The molecule has 0 unspecified atom stereocenters. The molecule has 1 saturated heterocycles. The monoisotopic (exact) mass is 437 g/mol. The minimum absolute atomic E-state index is 0.241. The number of ether oxygens (including phenoxy) is 2. The number of hydrogen-bond donors (Lipinski definition) is 0. The summed E-state index contributed by atoms with van der Waals surface area (Å²) in [4.78, 5) is 14.0. The molecule has 2 aromatic rings. The lowest BCUT2D eigenvalue weighted by Gasteiger charge is -2.31. The Morgan fingerprint density at radius 3 is 2.58 bits per heavy atom. The van der Waals surface area contributed by atoms with Crippen LogP contribution in [0, 0.1) is 5.92 Å². The van der Waals surface area contributed by atoms with Gasteiger partial charge in [0.05, 0.1) is 11.6 Å². The summed E-state index contributed by atoms with van der Waals surface area (Å²) in [6.45, 7) is 2.35. The molecule has 0 radical (unpaired) electrons. The Morgan fingerprint density at radius 1 is 1.15 bits per heavy atom. The van der Waals surface area contributed by atoms with E-state index >= 15 is 0 Å². The Hall–Kier alpha value is -1.72. The summed E-state index contributed by atoms with van der Waals surface area (Å²) < 4.78 is 12.1. The van der Waals surface area contributed by atoms with Crippen LogP contribution in [0.1, 0.15) is 18.4 Å². The molecule has 1 aliphatic rings. The molecule has 2 aromatic carbocycles. The smallest absolute Gasteiger partial charge is 0.410 e. The molecule has 6 heteroatoms. The first-order chi connectivity index (χ1) is 12.6. The van der Waals surface area contributed by atoms with Gasteiger partial charge < -0.3 is 14.4 Å². The number of nitrogens with zero attached hydrogens (tertiary/aromatic N) is 1. The summed E-state index contributed by atoms with van der Waals surface area (Å²) in [6.07, 6.45) is 1.58. The maximum absolute atomic E-state index is 12.2. The zero-order chi connectivity index (χ0) is 18.4. The molecule has 1 fully saturated rings. The van der Waals surface area contributed by atoms with E-state index in [4.69, 9.17) is 21.1 Å². The van der Waals surface area contributed by atoms with Crippen LogP contribution >= 0.6 is 27.5 Å². The normalized spacial score (nSPS) is 14.9. The lowest BCUT2D eigenvalue weighted by Crippen LogP contribution is -2.39. The summed E-state index contributed by atoms with van der Waals surface area (Å²) in [5.74, 6) is 1.23. The quantitative estimate of drug-likeness (QED) is 0.616. The van der Waals surface area contributed by atoms with Crippen LogP contribution in [0.25, 0.3) is 0 Å². The second-order valence-corrected chi connectivity index (χ2v) is 7.62. The highest BCUT2D eigenvalue weighted by Gasteiger charge is 2.24. The molecule has 1 heterocycles. The third kappa shape index (κ3) is 5.39. The average molecular weight is 439 g/mol. The van der Waals surface area contributed by atoms with Gasteiger partial charge in [-0.05, 0) is 58.5 Å². The molecule has 4 nitrogen and oxygen atoms in total. The van der Waals surface area contributed by atoms with E-state index in [2.05, 4.69) is 15.9 Å². The summed E-state index contributed by atoms with van der Waals surface area (Å²) in [5.41, 5.74) is 0.998. The minimum Gasteiger partial charge on any atom is -0.493 e. The van der Waals surface area contributed by atoms with Gasteiger partial charge in [0.1, 0.15) is 12.4 Å². The molecule has 3 rings (SSSR count). The number of hydrogen-bond acceptors (Lipinski definition) is 3. The second-order valence-electron chi connectivity index (χ2n) is 6.36. The van der Waals surface area contributed by atoms with Crippen molar-refractivity contribution in [3.63, 3.8) is 0 Å². The van der Waals surface area contributed by atoms with Gasteiger partial charge in [-0.1, -0.05) is 41.9 Å². The predicted molar refractivity (Wildman–Crippen MR) is 106 cm³/mol. The molecule has 0 saturated carbocycles. The van der Waals surface area contributed by atoms with Crippen LogP contribution in [0.2, 0.25) is 5.02 Å². The van der Waals surface area contributed by atoms with Gasteiger partial charge in [0.25, 0.3) is 0 Å². The van der Waals surface area contributed by atoms with E-state index in [0.29, 0.717) is 37.2 Å². The predicted octanol–water partition coefficient (Wildman–Crippen LogP) is 5.53. The van der Waals surface area contributed by atoms with Crippen molar-refractivity contribution in [2.24, 2.45) is 5.92 Å². The first kappa shape index (κ1) is 19.1. The molecule has 0 aromatic heterocycles. The van der Waals surface area contributed by atoms with Crippen molar-refractivity contribution < 1.29 is 14.3 Å². The van der Waals surface area contributed by atoms with Crippen LogP contribution in [0.5, 0.6) is 5.75 Å². The number of amides is 1. The molecular formula is C20H21BrClNO3. The zero-order valence-electron chi connectivity index (χ0n) is 14.4. The maximum Gasteiger partial charge on any atom is 0.410 e. The van der Waals surface area contributed by atoms with Crippen molar-refractivity contribution >= 4 is 33.6 Å². The van der Waals surface area contributed by atoms with Gasteiger partial charge in [0.15, 0.2) is 0 Å². The molecule has 0 atom stereocenters. The molecule has 0 N–H and O–H groups in total. The van der Waals surface area contributed by atoms with Gasteiger partial charge in [-0.15, -0.1) is 0 Å². The number of rotatable bonds is 5. The third-order valence-corrected chi connectivity index (χ3v) is 5.67. The van der Waals surface area contributed by atoms with Crippen LogP contribution in [-0.2, 0) is 11.3 Å². The Bertz CT molecular complexity index is 733. The van der Waals surface area contributed by atoms with Gasteiger partial charge in [0, 0.05) is 17.6 Å². The number of carbonyl (C=O) groups excluding carboxylic acids is 1. The summed E-state index contributed by atoms with van der Waals surface area (Å²) in [6, 6.07) is 15.3. The minimum atomic E-state index is -0.241. The van der Waals surface area contributed by atoms with Crippen molar-refractivity contribution in [1.82, 2.24) is 4.90 Å². The van der Waals surface area contributed by atoms with E-state index in [0.717, 1.165) is 28.6 Å². The highest BCUT2D eigenvalue weighted by molar-refractivity contribution is 9.10. The number of carbonyl (C=O) groups is 1. The second kappa shape index (κ2) is 9.28. The van der Waals surface area contributed by atoms with Crippen molar-refractivity contribution in [2.75, 3.05) is 19.7 Å². The SMILES string of the molecule is O=C(OCc1ccccc1)N1CCC(COc2ccc(Cl)c(Br)c2)CC1. The first-order valence-corrected chi connectivity index (χ1v) is 9.82. The third-order valence-electron chi connectivity index (χ3n) is 4.45. The Kier molecular flexibility index (Phi) is 6.80. The van der Waals surface area contributed by atoms with Crippen LogP contribution in [-0.4, -0.2) is 30.7 Å². The van der Waals surface area contributed by atoms with Gasteiger partial charge in [-0.2, -0.15) is 0 Å². The van der Waals surface area contributed by atoms with E-state index in [-0.39, 0.29) is 6.09 Å². The number of benzene rings is 2. The molecule has 26 heavy (non-hydrogen) atoms. The maximum atomic E-state index is 12.2. The van der Waals surface area contributed by atoms with Gasteiger partial charge >= 0.3 is 6.09 Å². The largest absolute Gasteiger partial charge is 0.493 e. The van der Waals surface area contributed by atoms with E-state index in [9.17, 15) is 4.79 Å². The fraction of sp³-hybridized carbons (Fsp3) is 0.350. The van der Waals surface area contributed by atoms with E-state index in [1.54, 1.807) is 4.90 Å². The lowest BCUT2D eigenvalue weighted by atomic mass is 9.98. The van der Waals surface area contributed by atoms with Crippen LogP contribution in [0.4, 0.5) is 4.79 Å². The van der Waals surface area contributed by atoms with Gasteiger partial charge in [-0.25, -0.2) is 4.79 Å². The molecule has 1 amide bonds. The first-order valence-electron chi connectivity index (χ1n) is 8.65. The number of halogens is 2. The van der Waals surface area contributed by atoms with Crippen molar-refractivity contribution in [3.8, 4) is 5.75 Å². The van der Waals surface area contributed by atoms with Crippen LogP contribution in [0.3, 0.4) is 0 Å². The van der Waals surface area contributed by atoms with Crippen LogP contribution < -0.4 is 4.74 Å². The molecular weight excluding hydrogens is 418 g/mol. The fourth-order valence-corrected chi connectivity index (χ4v) is 3.35.